The van der Waals surface area contributed by atoms with Crippen molar-refractivity contribution in [1.29, 1.82) is 0 Å². The molecule has 148 valence electrons. The third kappa shape index (κ3) is 6.10. The highest BCUT2D eigenvalue weighted by Gasteiger charge is 2.08. The van der Waals surface area contributed by atoms with Crippen molar-refractivity contribution in [1.82, 2.24) is 5.32 Å². The van der Waals surface area contributed by atoms with Crippen LogP contribution < -0.4 is 20.7 Å². The molecule has 0 atom stereocenters. The molecule has 0 unspecified atom stereocenters. The molecule has 6 heteroatoms. The van der Waals surface area contributed by atoms with E-state index in [2.05, 4.69) is 28.1 Å². The van der Waals surface area contributed by atoms with Crippen LogP contribution in [0.5, 0.6) is 5.75 Å². The van der Waals surface area contributed by atoms with E-state index in [1.54, 1.807) is 31.3 Å². The number of ether oxygens (including phenoxy) is 1. The topological polar surface area (TPSA) is 79.5 Å². The second-order valence-electron chi connectivity index (χ2n) is 6.39. The van der Waals surface area contributed by atoms with Crippen molar-refractivity contribution in [3.05, 3.63) is 90.0 Å². The lowest BCUT2D eigenvalue weighted by molar-refractivity contribution is -0.118. The Morgan fingerprint density at radius 2 is 1.41 bits per heavy atom. The van der Waals surface area contributed by atoms with Crippen LogP contribution in [0.4, 0.5) is 16.2 Å². The van der Waals surface area contributed by atoms with E-state index in [4.69, 9.17) is 4.74 Å². The van der Waals surface area contributed by atoms with Crippen molar-refractivity contribution in [3.8, 4) is 5.75 Å². The van der Waals surface area contributed by atoms with Gasteiger partial charge in [0.25, 0.3) is 5.91 Å². The van der Waals surface area contributed by atoms with Gasteiger partial charge in [-0.2, -0.15) is 0 Å². The average Bonchev–Trinajstić information content (AvgIpc) is 2.75. The summed E-state index contributed by atoms with van der Waals surface area (Å²) in [5.41, 5.74) is 3.46. The average molecular weight is 389 g/mol. The van der Waals surface area contributed by atoms with Crippen LogP contribution in [0, 0.1) is 0 Å². The highest BCUT2D eigenvalue weighted by Crippen LogP contribution is 2.21. The first kappa shape index (κ1) is 19.9. The van der Waals surface area contributed by atoms with E-state index in [-0.39, 0.29) is 18.5 Å². The van der Waals surface area contributed by atoms with Crippen molar-refractivity contribution in [2.45, 2.75) is 6.42 Å². The molecule has 0 aliphatic carbocycles. The lowest BCUT2D eigenvalue weighted by Gasteiger charge is -2.12. The lowest BCUT2D eigenvalue weighted by Crippen LogP contribution is -2.24. The number of urea groups is 1. The fourth-order valence-corrected chi connectivity index (χ4v) is 2.78. The summed E-state index contributed by atoms with van der Waals surface area (Å²) in [7, 11) is 1.54. The zero-order valence-corrected chi connectivity index (χ0v) is 16.1. The Morgan fingerprint density at radius 1 is 0.793 bits per heavy atom. The number of para-hydroxylation sites is 1. The largest absolute Gasteiger partial charge is 0.483 e. The van der Waals surface area contributed by atoms with E-state index in [1.807, 2.05) is 42.5 Å². The first-order valence-electron chi connectivity index (χ1n) is 9.27. The molecule has 0 heterocycles. The molecule has 0 bridgehead atoms. The number of anilines is 2. The molecule has 0 saturated heterocycles. The second kappa shape index (κ2) is 9.94. The van der Waals surface area contributed by atoms with Gasteiger partial charge in [-0.25, -0.2) is 4.79 Å². The number of carbonyl (C=O) groups excluding carboxylic acids is 2. The van der Waals surface area contributed by atoms with E-state index >= 15 is 0 Å². The highest BCUT2D eigenvalue weighted by molar-refractivity contribution is 5.93. The zero-order valence-electron chi connectivity index (χ0n) is 16.1. The van der Waals surface area contributed by atoms with Crippen molar-refractivity contribution in [2.24, 2.45) is 0 Å². The number of amides is 3. The van der Waals surface area contributed by atoms with Gasteiger partial charge < -0.3 is 20.7 Å². The number of carbonyl (C=O) groups is 2. The number of hydrogen-bond acceptors (Lipinski definition) is 3. The summed E-state index contributed by atoms with van der Waals surface area (Å²) in [6, 6.07) is 24.4. The van der Waals surface area contributed by atoms with Gasteiger partial charge in [-0.1, -0.05) is 48.5 Å². The summed E-state index contributed by atoms with van der Waals surface area (Å²) in [4.78, 5) is 23.5. The molecule has 3 rings (SSSR count). The van der Waals surface area contributed by atoms with Gasteiger partial charge in [0.2, 0.25) is 0 Å². The molecule has 6 nitrogen and oxygen atoms in total. The Bertz CT molecular complexity index is 957. The maximum Gasteiger partial charge on any atom is 0.318 e. The van der Waals surface area contributed by atoms with Crippen LogP contribution in [0.15, 0.2) is 78.9 Å². The minimum absolute atomic E-state index is 0.0932. The summed E-state index contributed by atoms with van der Waals surface area (Å²) in [6.07, 6.45) is 0.735. The number of hydrogen-bond donors (Lipinski definition) is 3. The molecule has 0 saturated carbocycles. The Hall–Kier alpha value is -3.80. The zero-order chi connectivity index (χ0) is 20.5. The molecular weight excluding hydrogens is 366 g/mol. The molecule has 0 fully saturated rings. The number of benzene rings is 3. The predicted molar refractivity (Wildman–Crippen MR) is 114 cm³/mol. The van der Waals surface area contributed by atoms with Gasteiger partial charge in [0.1, 0.15) is 5.75 Å². The van der Waals surface area contributed by atoms with Crippen LogP contribution in [-0.4, -0.2) is 25.6 Å². The highest BCUT2D eigenvalue weighted by atomic mass is 16.5. The Kier molecular flexibility index (Phi) is 6.84. The van der Waals surface area contributed by atoms with Gasteiger partial charge >= 0.3 is 6.03 Å². The van der Waals surface area contributed by atoms with Gasteiger partial charge in [0, 0.05) is 24.8 Å². The number of nitrogens with one attached hydrogen (secondary N) is 3. The van der Waals surface area contributed by atoms with Crippen LogP contribution in [0.1, 0.15) is 11.1 Å². The molecule has 0 aliphatic heterocycles. The first-order chi connectivity index (χ1) is 14.1. The predicted octanol–water partition coefficient (Wildman–Crippen LogP) is 4.05. The fourth-order valence-electron chi connectivity index (χ4n) is 2.78. The molecular formula is C23H23N3O3. The van der Waals surface area contributed by atoms with Gasteiger partial charge in [-0.05, 0) is 41.5 Å². The fraction of sp³-hybridized carbons (Fsp3) is 0.130. The summed E-state index contributed by atoms with van der Waals surface area (Å²) in [6.45, 7) is -0.0932. The lowest BCUT2D eigenvalue weighted by atomic mass is 10.0. The van der Waals surface area contributed by atoms with Crippen molar-refractivity contribution in [3.63, 3.8) is 0 Å². The monoisotopic (exact) mass is 389 g/mol. The van der Waals surface area contributed by atoms with E-state index in [0.717, 1.165) is 12.0 Å². The van der Waals surface area contributed by atoms with Crippen molar-refractivity contribution in [2.75, 3.05) is 24.3 Å². The summed E-state index contributed by atoms with van der Waals surface area (Å²) in [5.74, 6) is 0.433. The summed E-state index contributed by atoms with van der Waals surface area (Å²) in [5, 5.41) is 7.92. The quantitative estimate of drug-likeness (QED) is 0.570. The van der Waals surface area contributed by atoms with Crippen LogP contribution in [-0.2, 0) is 11.2 Å². The minimum Gasteiger partial charge on any atom is -0.483 e. The van der Waals surface area contributed by atoms with Crippen LogP contribution in [0.25, 0.3) is 0 Å². The standard InChI is InChI=1S/C23H23N3O3/c1-24-23(28)26-20-13-11-19(12-14-20)25-22(27)16-29-21-10-6-5-9-18(21)15-17-7-3-2-4-8-17/h2-14H,15-16H2,1H3,(H,25,27)(H2,24,26,28). The van der Waals surface area contributed by atoms with Crippen LogP contribution in [0.2, 0.25) is 0 Å². The molecule has 3 aromatic rings. The summed E-state index contributed by atoms with van der Waals surface area (Å²) >= 11 is 0. The van der Waals surface area contributed by atoms with E-state index in [1.165, 1.54) is 5.56 Å². The Labute approximate surface area is 169 Å². The molecule has 3 amide bonds. The molecule has 3 aromatic carbocycles. The van der Waals surface area contributed by atoms with Crippen molar-refractivity contribution >= 4 is 23.3 Å². The number of rotatable bonds is 7. The second-order valence-corrected chi connectivity index (χ2v) is 6.39. The third-order valence-corrected chi connectivity index (χ3v) is 4.22. The molecule has 0 aliphatic rings. The van der Waals surface area contributed by atoms with E-state index in [9.17, 15) is 9.59 Å². The van der Waals surface area contributed by atoms with Crippen molar-refractivity contribution < 1.29 is 14.3 Å². The van der Waals surface area contributed by atoms with Gasteiger partial charge in [-0.3, -0.25) is 4.79 Å². The molecule has 0 aromatic heterocycles. The van der Waals surface area contributed by atoms with Crippen LogP contribution >= 0.6 is 0 Å². The van der Waals surface area contributed by atoms with Gasteiger partial charge in [0.15, 0.2) is 6.61 Å². The van der Waals surface area contributed by atoms with Gasteiger partial charge in [-0.15, -0.1) is 0 Å². The molecule has 0 spiro atoms. The molecule has 0 radical (unpaired) electrons. The normalized spacial score (nSPS) is 10.1. The first-order valence-corrected chi connectivity index (χ1v) is 9.27. The molecule has 3 N–H and O–H groups in total. The molecule has 29 heavy (non-hydrogen) atoms. The van der Waals surface area contributed by atoms with Crippen LogP contribution in [0.3, 0.4) is 0 Å². The van der Waals surface area contributed by atoms with Gasteiger partial charge in [0.05, 0.1) is 0 Å². The Balaban J connectivity index is 1.55. The minimum atomic E-state index is -0.302. The summed E-state index contributed by atoms with van der Waals surface area (Å²) < 4.78 is 5.76. The Morgan fingerprint density at radius 3 is 2.10 bits per heavy atom. The smallest absolute Gasteiger partial charge is 0.318 e. The van der Waals surface area contributed by atoms with E-state index < -0.39 is 0 Å². The SMILES string of the molecule is CNC(=O)Nc1ccc(NC(=O)COc2ccccc2Cc2ccccc2)cc1. The maximum atomic E-state index is 12.2. The van der Waals surface area contributed by atoms with E-state index in [0.29, 0.717) is 17.1 Å². The maximum absolute atomic E-state index is 12.2. The third-order valence-electron chi connectivity index (χ3n) is 4.22.